The highest BCUT2D eigenvalue weighted by atomic mass is 79.9. The van der Waals surface area contributed by atoms with Gasteiger partial charge in [-0.1, -0.05) is 40.2 Å². The molecule has 0 aromatic heterocycles. The van der Waals surface area contributed by atoms with Gasteiger partial charge in [0.15, 0.2) is 0 Å². The van der Waals surface area contributed by atoms with Crippen LogP contribution in [0.4, 0.5) is 5.69 Å². The van der Waals surface area contributed by atoms with Crippen molar-refractivity contribution in [3.05, 3.63) is 42.0 Å². The lowest BCUT2D eigenvalue weighted by Gasteiger charge is -2.16. The van der Waals surface area contributed by atoms with E-state index in [0.717, 1.165) is 40.3 Å². The lowest BCUT2D eigenvalue weighted by Crippen LogP contribution is -2.27. The molecule has 2 nitrogen and oxygen atoms in total. The molecule has 0 atom stereocenters. The molecule has 0 fully saturated rings. The fourth-order valence-corrected chi connectivity index (χ4v) is 2.67. The highest BCUT2D eigenvalue weighted by Gasteiger charge is 2.28. The zero-order valence-electron chi connectivity index (χ0n) is 9.32. The number of carbonyl (C=O) groups excluding carboxylic acids is 1. The third kappa shape index (κ3) is 1.57. The molecule has 0 N–H and O–H groups in total. The van der Waals surface area contributed by atoms with Gasteiger partial charge in [0.25, 0.3) is 5.91 Å². The van der Waals surface area contributed by atoms with Gasteiger partial charge in [-0.25, -0.2) is 0 Å². The van der Waals surface area contributed by atoms with Crippen molar-refractivity contribution in [2.75, 3.05) is 16.8 Å². The molecule has 0 aliphatic carbocycles. The van der Waals surface area contributed by atoms with Crippen molar-refractivity contribution in [2.45, 2.75) is 6.42 Å². The summed E-state index contributed by atoms with van der Waals surface area (Å²) in [6.07, 6.45) is 0.968. The second-order valence-electron chi connectivity index (χ2n) is 4.18. The van der Waals surface area contributed by atoms with E-state index in [1.54, 1.807) is 0 Å². The third-order valence-corrected chi connectivity index (χ3v) is 3.73. The van der Waals surface area contributed by atoms with E-state index in [-0.39, 0.29) is 5.91 Å². The van der Waals surface area contributed by atoms with Gasteiger partial charge in [0.05, 0.1) is 5.69 Å². The molecule has 0 radical (unpaired) electrons. The van der Waals surface area contributed by atoms with Crippen LogP contribution in [-0.2, 0) is 0 Å². The Morgan fingerprint density at radius 2 is 1.88 bits per heavy atom. The van der Waals surface area contributed by atoms with Crippen molar-refractivity contribution in [3.8, 4) is 0 Å². The van der Waals surface area contributed by atoms with E-state index in [2.05, 4.69) is 28.1 Å². The van der Waals surface area contributed by atoms with Gasteiger partial charge >= 0.3 is 0 Å². The summed E-state index contributed by atoms with van der Waals surface area (Å²) >= 11 is 3.41. The summed E-state index contributed by atoms with van der Waals surface area (Å²) in [6.45, 7) is 0.776. The Hall–Kier alpha value is -1.35. The molecule has 17 heavy (non-hydrogen) atoms. The second-order valence-corrected chi connectivity index (χ2v) is 4.97. The first-order valence-corrected chi connectivity index (χ1v) is 6.84. The number of hydrogen-bond acceptors (Lipinski definition) is 1. The molecule has 0 bridgehead atoms. The van der Waals surface area contributed by atoms with Crippen molar-refractivity contribution in [1.29, 1.82) is 0 Å². The molecule has 1 amide bonds. The number of alkyl halides is 1. The molecule has 0 saturated heterocycles. The number of halogens is 1. The molecule has 86 valence electrons. The average molecular weight is 290 g/mol. The third-order valence-electron chi connectivity index (χ3n) is 3.16. The van der Waals surface area contributed by atoms with Crippen molar-refractivity contribution < 1.29 is 4.79 Å². The van der Waals surface area contributed by atoms with E-state index in [4.69, 9.17) is 0 Å². The van der Waals surface area contributed by atoms with Crippen LogP contribution >= 0.6 is 15.9 Å². The first-order chi connectivity index (χ1) is 8.33. The van der Waals surface area contributed by atoms with Crippen molar-refractivity contribution in [3.63, 3.8) is 0 Å². The molecule has 0 unspecified atom stereocenters. The molecule has 1 heterocycles. The van der Waals surface area contributed by atoms with Crippen LogP contribution in [0.3, 0.4) is 0 Å². The van der Waals surface area contributed by atoms with Crippen molar-refractivity contribution >= 4 is 38.3 Å². The summed E-state index contributed by atoms with van der Waals surface area (Å²) in [6, 6.07) is 12.0. The van der Waals surface area contributed by atoms with Crippen molar-refractivity contribution in [2.24, 2.45) is 0 Å². The minimum Gasteiger partial charge on any atom is -0.308 e. The summed E-state index contributed by atoms with van der Waals surface area (Å²) in [7, 11) is 0. The summed E-state index contributed by atoms with van der Waals surface area (Å²) in [4.78, 5) is 14.2. The van der Waals surface area contributed by atoms with Crippen LogP contribution in [-0.4, -0.2) is 17.8 Å². The molecule has 0 saturated carbocycles. The minimum atomic E-state index is 0.137. The van der Waals surface area contributed by atoms with E-state index in [0.29, 0.717) is 0 Å². The van der Waals surface area contributed by atoms with Crippen LogP contribution in [0.2, 0.25) is 0 Å². The number of rotatable bonds is 3. The van der Waals surface area contributed by atoms with Gasteiger partial charge in [-0.2, -0.15) is 0 Å². The largest absolute Gasteiger partial charge is 0.308 e. The lowest BCUT2D eigenvalue weighted by atomic mass is 10.1. The van der Waals surface area contributed by atoms with Crippen LogP contribution in [0.5, 0.6) is 0 Å². The molecule has 1 aliphatic rings. The molecular formula is C14H12BrNO. The number of nitrogens with zero attached hydrogens (tertiary/aromatic N) is 1. The fourth-order valence-electron chi connectivity index (χ4n) is 2.42. The quantitative estimate of drug-likeness (QED) is 0.791. The second kappa shape index (κ2) is 4.15. The maximum atomic E-state index is 12.3. The van der Waals surface area contributed by atoms with E-state index in [9.17, 15) is 4.79 Å². The van der Waals surface area contributed by atoms with Gasteiger partial charge in [-0.3, -0.25) is 4.79 Å². The summed E-state index contributed by atoms with van der Waals surface area (Å²) in [5, 5.41) is 3.17. The van der Waals surface area contributed by atoms with Gasteiger partial charge in [-0.05, 0) is 23.9 Å². The van der Waals surface area contributed by atoms with Gasteiger partial charge in [0.1, 0.15) is 0 Å². The van der Waals surface area contributed by atoms with Gasteiger partial charge in [0, 0.05) is 22.8 Å². The molecule has 2 aromatic rings. The van der Waals surface area contributed by atoms with E-state index in [1.165, 1.54) is 0 Å². The van der Waals surface area contributed by atoms with Crippen LogP contribution in [0, 0.1) is 0 Å². The summed E-state index contributed by atoms with van der Waals surface area (Å²) in [5.74, 6) is 0.137. The van der Waals surface area contributed by atoms with Gasteiger partial charge in [0.2, 0.25) is 0 Å². The SMILES string of the molecule is O=C1c2cccc3cccc(c23)N1CCCBr. The summed E-state index contributed by atoms with van der Waals surface area (Å²) in [5.41, 5.74) is 1.90. The molecule has 3 heteroatoms. The zero-order chi connectivity index (χ0) is 11.8. The topological polar surface area (TPSA) is 20.3 Å². The van der Waals surface area contributed by atoms with Crippen LogP contribution in [0.25, 0.3) is 10.8 Å². The Labute approximate surface area is 108 Å². The van der Waals surface area contributed by atoms with E-state index >= 15 is 0 Å². The normalized spacial score (nSPS) is 13.7. The number of amides is 1. The molecule has 1 aliphatic heterocycles. The lowest BCUT2D eigenvalue weighted by molar-refractivity contribution is 0.0993. The standard InChI is InChI=1S/C14H12BrNO/c15-8-3-9-16-12-7-2-5-10-4-1-6-11(13(10)12)14(16)17/h1-2,4-7H,3,8-9H2. The Bertz CT molecular complexity index is 589. The maximum Gasteiger partial charge on any atom is 0.258 e. The number of anilines is 1. The fraction of sp³-hybridized carbons (Fsp3) is 0.214. The average Bonchev–Trinajstić information content (AvgIpc) is 2.64. The van der Waals surface area contributed by atoms with Crippen molar-refractivity contribution in [1.82, 2.24) is 0 Å². The predicted octanol–water partition coefficient (Wildman–Crippen LogP) is 3.59. The Balaban J connectivity index is 2.17. The molecule has 2 aromatic carbocycles. The Kier molecular flexibility index (Phi) is 2.63. The highest BCUT2D eigenvalue weighted by Crippen LogP contribution is 2.37. The Morgan fingerprint density at radius 3 is 2.65 bits per heavy atom. The molecule has 0 spiro atoms. The monoisotopic (exact) mass is 289 g/mol. The summed E-state index contributed by atoms with van der Waals surface area (Å²) < 4.78 is 0. The van der Waals surface area contributed by atoms with Gasteiger partial charge in [-0.15, -0.1) is 0 Å². The van der Waals surface area contributed by atoms with E-state index in [1.807, 2.05) is 29.2 Å². The van der Waals surface area contributed by atoms with Gasteiger partial charge < -0.3 is 4.90 Å². The van der Waals surface area contributed by atoms with E-state index < -0.39 is 0 Å². The number of carbonyl (C=O) groups is 1. The van der Waals surface area contributed by atoms with Crippen LogP contribution in [0.15, 0.2) is 36.4 Å². The molecular weight excluding hydrogens is 278 g/mol. The predicted molar refractivity (Wildman–Crippen MR) is 74.0 cm³/mol. The van der Waals surface area contributed by atoms with Crippen LogP contribution < -0.4 is 4.90 Å². The minimum absolute atomic E-state index is 0.137. The first kappa shape index (κ1) is 10.8. The number of hydrogen-bond donors (Lipinski definition) is 0. The van der Waals surface area contributed by atoms with Crippen LogP contribution in [0.1, 0.15) is 16.8 Å². The first-order valence-electron chi connectivity index (χ1n) is 5.72. The smallest absolute Gasteiger partial charge is 0.258 e. The zero-order valence-corrected chi connectivity index (χ0v) is 10.9. The molecule has 3 rings (SSSR count). The highest BCUT2D eigenvalue weighted by molar-refractivity contribution is 9.09. The number of benzene rings is 2. The Morgan fingerprint density at radius 1 is 1.12 bits per heavy atom. The maximum absolute atomic E-state index is 12.3.